The Labute approximate surface area is 185 Å². The highest BCUT2D eigenvalue weighted by molar-refractivity contribution is 8.15. The average molecular weight is 444 g/mol. The van der Waals surface area contributed by atoms with E-state index in [0.717, 1.165) is 23.4 Å². The van der Waals surface area contributed by atoms with E-state index in [0.29, 0.717) is 26.2 Å². The largest absolute Gasteiger partial charge is 0.492 e. The maximum absolute atomic E-state index is 13.5. The fourth-order valence-electron chi connectivity index (χ4n) is 3.79. The summed E-state index contributed by atoms with van der Waals surface area (Å²) in [5.41, 5.74) is 1.89. The molecule has 2 aliphatic heterocycles. The SMILES string of the molecule is CC(COc1ccc(CC2SC(=N)NC2=O)cc1)N1CCOC(c2cccc(F)c2)C1. The Morgan fingerprint density at radius 3 is 2.84 bits per heavy atom. The van der Waals surface area contributed by atoms with Crippen molar-refractivity contribution in [3.05, 3.63) is 65.5 Å². The molecule has 3 unspecified atom stereocenters. The molecule has 3 atom stereocenters. The molecule has 2 N–H and O–H groups in total. The van der Waals surface area contributed by atoms with Gasteiger partial charge >= 0.3 is 0 Å². The molecule has 2 aromatic carbocycles. The Hall–Kier alpha value is -2.42. The van der Waals surface area contributed by atoms with Crippen LogP contribution in [0.3, 0.4) is 0 Å². The molecule has 31 heavy (non-hydrogen) atoms. The van der Waals surface area contributed by atoms with E-state index in [2.05, 4.69) is 17.1 Å². The van der Waals surface area contributed by atoms with Crippen LogP contribution >= 0.6 is 11.8 Å². The predicted molar refractivity (Wildman–Crippen MR) is 119 cm³/mol. The molecule has 0 bridgehead atoms. The maximum atomic E-state index is 13.5. The third kappa shape index (κ3) is 5.64. The molecule has 164 valence electrons. The maximum Gasteiger partial charge on any atom is 0.239 e. The zero-order chi connectivity index (χ0) is 21.8. The summed E-state index contributed by atoms with van der Waals surface area (Å²) in [6, 6.07) is 14.5. The molecule has 0 saturated carbocycles. The smallest absolute Gasteiger partial charge is 0.239 e. The van der Waals surface area contributed by atoms with Gasteiger partial charge in [-0.25, -0.2) is 4.39 Å². The number of carbonyl (C=O) groups is 1. The number of morpholine rings is 1. The number of nitrogens with zero attached hydrogens (tertiary/aromatic N) is 1. The minimum absolute atomic E-state index is 0.105. The number of amidine groups is 1. The molecule has 8 heteroatoms. The quantitative estimate of drug-likeness (QED) is 0.686. The number of thioether (sulfide) groups is 1. The molecule has 2 heterocycles. The van der Waals surface area contributed by atoms with Crippen LogP contribution in [0.4, 0.5) is 4.39 Å². The summed E-state index contributed by atoms with van der Waals surface area (Å²) in [5.74, 6) is 0.427. The number of hydrogen-bond acceptors (Lipinski definition) is 6. The first-order valence-corrected chi connectivity index (χ1v) is 11.2. The Morgan fingerprint density at radius 1 is 1.32 bits per heavy atom. The molecular weight excluding hydrogens is 417 g/mol. The topological polar surface area (TPSA) is 74.7 Å². The van der Waals surface area contributed by atoms with Gasteiger partial charge < -0.3 is 14.8 Å². The third-order valence-electron chi connectivity index (χ3n) is 5.57. The minimum Gasteiger partial charge on any atom is -0.492 e. The van der Waals surface area contributed by atoms with E-state index in [1.807, 2.05) is 30.3 Å². The first kappa shape index (κ1) is 21.8. The highest BCUT2D eigenvalue weighted by atomic mass is 32.2. The lowest BCUT2D eigenvalue weighted by Crippen LogP contribution is -2.45. The summed E-state index contributed by atoms with van der Waals surface area (Å²) >= 11 is 1.26. The van der Waals surface area contributed by atoms with Crippen molar-refractivity contribution in [2.24, 2.45) is 0 Å². The molecule has 0 aromatic heterocycles. The van der Waals surface area contributed by atoms with Crippen molar-refractivity contribution in [3.63, 3.8) is 0 Å². The zero-order valence-electron chi connectivity index (χ0n) is 17.3. The van der Waals surface area contributed by atoms with Gasteiger partial charge in [0.2, 0.25) is 5.91 Å². The second kappa shape index (κ2) is 9.80. The lowest BCUT2D eigenvalue weighted by Gasteiger charge is -2.36. The van der Waals surface area contributed by atoms with Gasteiger partial charge in [-0.3, -0.25) is 15.1 Å². The van der Waals surface area contributed by atoms with Gasteiger partial charge in [0, 0.05) is 19.1 Å². The Bertz CT molecular complexity index is 940. The van der Waals surface area contributed by atoms with Gasteiger partial charge in [-0.1, -0.05) is 36.0 Å². The fraction of sp³-hybridized carbons (Fsp3) is 0.391. The summed E-state index contributed by atoms with van der Waals surface area (Å²) < 4.78 is 25.4. The normalized spacial score (nSPS) is 22.9. The van der Waals surface area contributed by atoms with Crippen LogP contribution in [0.5, 0.6) is 5.75 Å². The molecule has 4 rings (SSSR count). The van der Waals surface area contributed by atoms with Crippen molar-refractivity contribution < 1.29 is 18.7 Å². The van der Waals surface area contributed by atoms with Crippen LogP contribution < -0.4 is 10.1 Å². The Balaban J connectivity index is 1.27. The standard InChI is InChI=1S/C23H26FN3O3S/c1-15(27-9-10-29-20(13-27)17-3-2-4-18(24)12-17)14-30-19-7-5-16(6-8-19)11-21-22(28)26-23(25)31-21/h2-8,12,15,20-21H,9-11,13-14H2,1H3,(H2,25,26,28). The van der Waals surface area contributed by atoms with Crippen LogP contribution in [0.1, 0.15) is 24.2 Å². The van der Waals surface area contributed by atoms with Crippen molar-refractivity contribution in [1.29, 1.82) is 5.41 Å². The Kier molecular flexibility index (Phi) is 6.89. The van der Waals surface area contributed by atoms with E-state index in [1.165, 1.54) is 23.9 Å². The summed E-state index contributed by atoms with van der Waals surface area (Å²) in [4.78, 5) is 14.1. The van der Waals surface area contributed by atoms with Gasteiger partial charge in [0.25, 0.3) is 0 Å². The van der Waals surface area contributed by atoms with Crippen LogP contribution in [-0.2, 0) is 16.0 Å². The second-order valence-corrected chi connectivity index (χ2v) is 9.06. The summed E-state index contributed by atoms with van der Waals surface area (Å²) in [6.45, 7) is 4.76. The van der Waals surface area contributed by atoms with Crippen LogP contribution in [0.15, 0.2) is 48.5 Å². The summed E-state index contributed by atoms with van der Waals surface area (Å²) in [6.07, 6.45) is 0.448. The number of ether oxygens (including phenoxy) is 2. The van der Waals surface area contributed by atoms with Crippen LogP contribution in [-0.4, -0.2) is 53.6 Å². The van der Waals surface area contributed by atoms with Crippen molar-refractivity contribution in [3.8, 4) is 5.75 Å². The molecule has 0 radical (unpaired) electrons. The summed E-state index contributed by atoms with van der Waals surface area (Å²) in [7, 11) is 0. The van der Waals surface area contributed by atoms with Gasteiger partial charge in [0.1, 0.15) is 18.2 Å². The average Bonchev–Trinajstić information content (AvgIpc) is 3.09. The van der Waals surface area contributed by atoms with E-state index in [1.54, 1.807) is 6.07 Å². The number of hydrogen-bond donors (Lipinski definition) is 2. The van der Waals surface area contributed by atoms with Crippen molar-refractivity contribution in [2.45, 2.75) is 30.7 Å². The monoisotopic (exact) mass is 443 g/mol. The molecule has 0 aliphatic carbocycles. The molecule has 6 nitrogen and oxygen atoms in total. The van der Waals surface area contributed by atoms with E-state index >= 15 is 0 Å². The number of benzene rings is 2. The van der Waals surface area contributed by atoms with Crippen LogP contribution in [0.25, 0.3) is 0 Å². The van der Waals surface area contributed by atoms with Gasteiger partial charge in [-0.15, -0.1) is 0 Å². The van der Waals surface area contributed by atoms with Crippen LogP contribution in [0, 0.1) is 11.2 Å². The Morgan fingerprint density at radius 2 is 2.13 bits per heavy atom. The van der Waals surface area contributed by atoms with E-state index in [4.69, 9.17) is 14.9 Å². The first-order valence-electron chi connectivity index (χ1n) is 10.4. The fourth-order valence-corrected chi connectivity index (χ4v) is 4.67. The van der Waals surface area contributed by atoms with Crippen LogP contribution in [0.2, 0.25) is 0 Å². The molecule has 1 amide bonds. The lowest BCUT2D eigenvalue weighted by atomic mass is 10.1. The number of rotatable bonds is 7. The zero-order valence-corrected chi connectivity index (χ0v) is 18.2. The highest BCUT2D eigenvalue weighted by Crippen LogP contribution is 2.25. The number of carbonyl (C=O) groups excluding carboxylic acids is 1. The number of nitrogens with one attached hydrogen (secondary N) is 2. The predicted octanol–water partition coefficient (Wildman–Crippen LogP) is 3.38. The highest BCUT2D eigenvalue weighted by Gasteiger charge is 2.29. The molecule has 2 saturated heterocycles. The van der Waals surface area contributed by atoms with Crippen molar-refractivity contribution in [2.75, 3.05) is 26.3 Å². The minimum atomic E-state index is -0.247. The number of amides is 1. The molecule has 0 spiro atoms. The van der Waals surface area contributed by atoms with Gasteiger partial charge in [0.05, 0.1) is 18.0 Å². The van der Waals surface area contributed by atoms with Crippen molar-refractivity contribution in [1.82, 2.24) is 10.2 Å². The molecule has 2 fully saturated rings. The summed E-state index contributed by atoms with van der Waals surface area (Å²) in [5, 5.41) is 10.0. The molecular formula is C23H26FN3O3S. The van der Waals surface area contributed by atoms with E-state index < -0.39 is 0 Å². The lowest BCUT2D eigenvalue weighted by molar-refractivity contribution is -0.118. The third-order valence-corrected chi connectivity index (χ3v) is 6.57. The van der Waals surface area contributed by atoms with E-state index in [-0.39, 0.29) is 34.3 Å². The van der Waals surface area contributed by atoms with Crippen molar-refractivity contribution >= 4 is 22.8 Å². The van der Waals surface area contributed by atoms with Gasteiger partial charge in [-0.05, 0) is 48.7 Å². The number of halogens is 1. The van der Waals surface area contributed by atoms with Gasteiger partial charge in [-0.2, -0.15) is 0 Å². The van der Waals surface area contributed by atoms with Gasteiger partial charge in [0.15, 0.2) is 5.17 Å². The molecule has 2 aliphatic rings. The molecule has 2 aromatic rings. The van der Waals surface area contributed by atoms with E-state index in [9.17, 15) is 9.18 Å². The second-order valence-electron chi connectivity index (χ2n) is 7.84. The first-order chi connectivity index (χ1) is 15.0.